The predicted molar refractivity (Wildman–Crippen MR) is 96.3 cm³/mol. The summed E-state index contributed by atoms with van der Waals surface area (Å²) in [5.74, 6) is 0.0866. The lowest BCUT2D eigenvalue weighted by Gasteiger charge is -2.35. The van der Waals surface area contributed by atoms with Crippen LogP contribution in [0.25, 0.3) is 0 Å². The second-order valence-electron chi connectivity index (χ2n) is 6.77. The van der Waals surface area contributed by atoms with Gasteiger partial charge in [0.05, 0.1) is 12.6 Å². The lowest BCUT2D eigenvalue weighted by Crippen LogP contribution is -2.50. The molecule has 2 aliphatic heterocycles. The molecule has 2 saturated heterocycles. The van der Waals surface area contributed by atoms with Crippen LogP contribution >= 0.6 is 0 Å². The van der Waals surface area contributed by atoms with Gasteiger partial charge >= 0.3 is 0 Å². The molecule has 0 aromatic heterocycles. The Bertz CT molecular complexity index is 535. The number of anilines is 1. The van der Waals surface area contributed by atoms with Gasteiger partial charge in [0.15, 0.2) is 0 Å². The number of ether oxygens (including phenoxy) is 1. The van der Waals surface area contributed by atoms with E-state index in [0.29, 0.717) is 12.6 Å². The van der Waals surface area contributed by atoms with Gasteiger partial charge in [0.25, 0.3) is 0 Å². The Hall–Kier alpha value is -1.43. The second kappa shape index (κ2) is 8.60. The summed E-state index contributed by atoms with van der Waals surface area (Å²) in [5.41, 5.74) is 2.13. The van der Waals surface area contributed by atoms with Crippen LogP contribution in [0.5, 0.6) is 0 Å². The van der Waals surface area contributed by atoms with Gasteiger partial charge in [-0.15, -0.1) is 0 Å². The van der Waals surface area contributed by atoms with Crippen molar-refractivity contribution in [2.75, 3.05) is 51.2 Å². The molecule has 24 heavy (non-hydrogen) atoms. The van der Waals surface area contributed by atoms with Gasteiger partial charge in [0.2, 0.25) is 5.91 Å². The second-order valence-corrected chi connectivity index (χ2v) is 6.77. The number of amides is 1. The predicted octanol–water partition coefficient (Wildman–Crippen LogP) is 1.98. The van der Waals surface area contributed by atoms with Gasteiger partial charge in [-0.25, -0.2) is 0 Å². The molecule has 1 aromatic rings. The zero-order chi connectivity index (χ0) is 16.8. The summed E-state index contributed by atoms with van der Waals surface area (Å²) in [7, 11) is 0. The average Bonchev–Trinajstić information content (AvgIpc) is 3.10. The number of aryl methyl sites for hydroxylation is 1. The van der Waals surface area contributed by atoms with Gasteiger partial charge in [-0.05, 0) is 30.9 Å². The molecule has 1 aromatic carbocycles. The van der Waals surface area contributed by atoms with E-state index in [4.69, 9.17) is 4.74 Å². The quantitative estimate of drug-likeness (QED) is 0.866. The number of carbonyl (C=O) groups is 1. The molecule has 5 nitrogen and oxygen atoms in total. The molecule has 2 heterocycles. The van der Waals surface area contributed by atoms with Crippen LogP contribution in [-0.4, -0.2) is 67.7 Å². The van der Waals surface area contributed by atoms with E-state index >= 15 is 0 Å². The molecule has 5 heteroatoms. The fourth-order valence-corrected chi connectivity index (χ4v) is 3.55. The number of benzene rings is 1. The maximum atomic E-state index is 12.3. The van der Waals surface area contributed by atoms with Gasteiger partial charge < -0.3 is 10.1 Å². The van der Waals surface area contributed by atoms with Crippen LogP contribution in [0.2, 0.25) is 0 Å². The first-order chi connectivity index (χ1) is 11.7. The van der Waals surface area contributed by atoms with Crippen LogP contribution in [0.3, 0.4) is 0 Å². The van der Waals surface area contributed by atoms with E-state index < -0.39 is 0 Å². The van der Waals surface area contributed by atoms with Gasteiger partial charge in [0, 0.05) is 45.0 Å². The fraction of sp³-hybridized carbons (Fsp3) is 0.632. The summed E-state index contributed by atoms with van der Waals surface area (Å²) in [6, 6.07) is 8.04. The Labute approximate surface area is 145 Å². The lowest BCUT2D eigenvalue weighted by molar-refractivity contribution is -0.117. The van der Waals surface area contributed by atoms with Crippen molar-refractivity contribution in [3.63, 3.8) is 0 Å². The molecule has 0 spiro atoms. The van der Waals surface area contributed by atoms with Crippen molar-refractivity contribution in [3.05, 3.63) is 29.8 Å². The van der Waals surface area contributed by atoms with E-state index in [1.165, 1.54) is 18.4 Å². The van der Waals surface area contributed by atoms with Gasteiger partial charge in [-0.2, -0.15) is 0 Å². The van der Waals surface area contributed by atoms with Gasteiger partial charge in [-0.1, -0.05) is 25.1 Å². The molecule has 0 radical (unpaired) electrons. The number of piperazine rings is 1. The SMILES string of the molecule is CCc1ccccc1NC(=O)CN1CCN(CC2CCCO2)CC1. The fourth-order valence-electron chi connectivity index (χ4n) is 3.55. The zero-order valence-corrected chi connectivity index (χ0v) is 14.7. The van der Waals surface area contributed by atoms with Crippen molar-refractivity contribution < 1.29 is 9.53 Å². The molecule has 0 aliphatic carbocycles. The van der Waals surface area contributed by atoms with Crippen LogP contribution < -0.4 is 5.32 Å². The molecule has 1 unspecified atom stereocenters. The average molecular weight is 331 g/mol. The van der Waals surface area contributed by atoms with Gasteiger partial charge in [0.1, 0.15) is 0 Å². The monoisotopic (exact) mass is 331 g/mol. The summed E-state index contributed by atoms with van der Waals surface area (Å²) in [6.45, 7) is 8.51. The molecular weight excluding hydrogens is 302 g/mol. The minimum Gasteiger partial charge on any atom is -0.377 e. The maximum absolute atomic E-state index is 12.3. The highest BCUT2D eigenvalue weighted by atomic mass is 16.5. The number of hydrogen-bond acceptors (Lipinski definition) is 4. The topological polar surface area (TPSA) is 44.8 Å². The molecular formula is C19H29N3O2. The number of para-hydroxylation sites is 1. The highest BCUT2D eigenvalue weighted by Gasteiger charge is 2.23. The minimum atomic E-state index is 0.0866. The van der Waals surface area contributed by atoms with Crippen LogP contribution in [0.15, 0.2) is 24.3 Å². The zero-order valence-electron chi connectivity index (χ0n) is 14.7. The first-order valence-corrected chi connectivity index (χ1v) is 9.18. The third kappa shape index (κ3) is 4.79. The van der Waals surface area contributed by atoms with Crippen molar-refractivity contribution >= 4 is 11.6 Å². The molecule has 2 fully saturated rings. The lowest BCUT2D eigenvalue weighted by atomic mass is 10.1. The third-order valence-electron chi connectivity index (χ3n) is 4.99. The summed E-state index contributed by atoms with van der Waals surface area (Å²) in [6.07, 6.45) is 3.74. The largest absolute Gasteiger partial charge is 0.377 e. The molecule has 2 aliphatic rings. The minimum absolute atomic E-state index is 0.0866. The molecule has 3 rings (SSSR count). The third-order valence-corrected chi connectivity index (χ3v) is 4.99. The molecule has 1 atom stereocenters. The Balaban J connectivity index is 1.41. The molecule has 0 saturated carbocycles. The van der Waals surface area contributed by atoms with Gasteiger partial charge in [-0.3, -0.25) is 14.6 Å². The van der Waals surface area contributed by atoms with Crippen molar-refractivity contribution in [3.8, 4) is 0 Å². The van der Waals surface area contributed by atoms with Crippen LogP contribution in [0, 0.1) is 0 Å². The van der Waals surface area contributed by atoms with Crippen molar-refractivity contribution in [1.29, 1.82) is 0 Å². The van der Waals surface area contributed by atoms with Crippen LogP contribution in [-0.2, 0) is 16.0 Å². The smallest absolute Gasteiger partial charge is 0.238 e. The Morgan fingerprint density at radius 3 is 2.67 bits per heavy atom. The highest BCUT2D eigenvalue weighted by molar-refractivity contribution is 5.93. The summed E-state index contributed by atoms with van der Waals surface area (Å²) in [5, 5.41) is 3.06. The van der Waals surface area contributed by atoms with E-state index in [1.807, 2.05) is 18.2 Å². The molecule has 0 bridgehead atoms. The summed E-state index contributed by atoms with van der Waals surface area (Å²) >= 11 is 0. The first kappa shape index (κ1) is 17.4. The Kier molecular flexibility index (Phi) is 6.24. The number of nitrogens with one attached hydrogen (secondary N) is 1. The highest BCUT2D eigenvalue weighted by Crippen LogP contribution is 2.16. The Morgan fingerprint density at radius 1 is 1.21 bits per heavy atom. The van der Waals surface area contributed by atoms with Crippen molar-refractivity contribution in [2.24, 2.45) is 0 Å². The van der Waals surface area contributed by atoms with Crippen molar-refractivity contribution in [1.82, 2.24) is 9.80 Å². The van der Waals surface area contributed by atoms with E-state index in [2.05, 4.69) is 28.1 Å². The molecule has 1 amide bonds. The summed E-state index contributed by atoms with van der Waals surface area (Å²) in [4.78, 5) is 17.0. The van der Waals surface area contributed by atoms with Crippen LogP contribution in [0.4, 0.5) is 5.69 Å². The number of carbonyl (C=O) groups excluding carboxylic acids is 1. The van der Waals surface area contributed by atoms with Crippen LogP contribution in [0.1, 0.15) is 25.3 Å². The molecule has 132 valence electrons. The summed E-state index contributed by atoms with van der Waals surface area (Å²) < 4.78 is 5.72. The van der Waals surface area contributed by atoms with E-state index in [1.54, 1.807) is 0 Å². The number of hydrogen-bond donors (Lipinski definition) is 1. The molecule has 1 N–H and O–H groups in total. The van der Waals surface area contributed by atoms with E-state index in [0.717, 1.165) is 51.4 Å². The maximum Gasteiger partial charge on any atom is 0.238 e. The Morgan fingerprint density at radius 2 is 1.96 bits per heavy atom. The first-order valence-electron chi connectivity index (χ1n) is 9.18. The van der Waals surface area contributed by atoms with E-state index in [9.17, 15) is 4.79 Å². The standard InChI is InChI=1S/C19H29N3O2/c1-2-16-6-3-4-8-18(16)20-19(23)15-22-11-9-21(10-12-22)14-17-7-5-13-24-17/h3-4,6,8,17H,2,5,7,9-15H2,1H3,(H,20,23). The number of rotatable bonds is 6. The number of nitrogens with zero attached hydrogens (tertiary/aromatic N) is 2. The normalized spacial score (nSPS) is 22.6. The van der Waals surface area contributed by atoms with E-state index in [-0.39, 0.29) is 5.91 Å². The van der Waals surface area contributed by atoms with Crippen molar-refractivity contribution in [2.45, 2.75) is 32.3 Å².